The zero-order valence-corrected chi connectivity index (χ0v) is 14.1. The number of nitrogens with zero attached hydrogens (tertiary/aromatic N) is 2. The van der Waals surface area contributed by atoms with Crippen LogP contribution in [-0.4, -0.2) is 28.3 Å². The lowest BCUT2D eigenvalue weighted by Gasteiger charge is -2.03. The van der Waals surface area contributed by atoms with Crippen molar-refractivity contribution in [2.45, 2.75) is 38.8 Å². The second kappa shape index (κ2) is 7.09. The minimum atomic E-state index is -0.154. The number of aryl methyl sites for hydroxylation is 2. The number of nitrogen functional groups attached to an aromatic ring is 1. The molecule has 0 atom stereocenters. The monoisotopic (exact) mass is 325 g/mol. The highest BCUT2D eigenvalue weighted by atomic mass is 32.2. The van der Waals surface area contributed by atoms with Gasteiger partial charge in [0.05, 0.1) is 12.0 Å². The third kappa shape index (κ3) is 3.85. The van der Waals surface area contributed by atoms with Crippen molar-refractivity contribution >= 4 is 45.1 Å². The fourth-order valence-electron chi connectivity index (χ4n) is 1.94. The smallest absolute Gasteiger partial charge is 0.305 e. The lowest BCUT2D eigenvalue weighted by atomic mass is 10.2. The summed E-state index contributed by atoms with van der Waals surface area (Å²) < 4.78 is 4.89. The summed E-state index contributed by atoms with van der Waals surface area (Å²) in [6, 6.07) is 0. The minimum absolute atomic E-state index is 0.154. The van der Waals surface area contributed by atoms with E-state index in [1.807, 2.05) is 13.8 Å². The molecule has 114 valence electrons. The SMILES string of the molecule is CCOC(=O)CCCSc1nc(N)c2c(C)c(C)sc2n1. The molecule has 0 spiro atoms. The van der Waals surface area contributed by atoms with E-state index < -0.39 is 0 Å². The fraction of sp³-hybridized carbons (Fsp3) is 0.500. The molecule has 0 aliphatic rings. The summed E-state index contributed by atoms with van der Waals surface area (Å²) in [6.45, 7) is 6.34. The third-order valence-electron chi connectivity index (χ3n) is 3.10. The number of aromatic nitrogens is 2. The van der Waals surface area contributed by atoms with E-state index in [2.05, 4.69) is 16.9 Å². The van der Waals surface area contributed by atoms with Crippen LogP contribution in [0.1, 0.15) is 30.2 Å². The van der Waals surface area contributed by atoms with Crippen molar-refractivity contribution in [3.8, 4) is 0 Å². The molecule has 2 heterocycles. The first-order chi connectivity index (χ1) is 10.0. The van der Waals surface area contributed by atoms with Crippen molar-refractivity contribution in [3.05, 3.63) is 10.4 Å². The molecule has 21 heavy (non-hydrogen) atoms. The highest BCUT2D eigenvalue weighted by molar-refractivity contribution is 7.99. The molecule has 0 fully saturated rings. The Morgan fingerprint density at radius 1 is 1.38 bits per heavy atom. The van der Waals surface area contributed by atoms with Gasteiger partial charge in [-0.05, 0) is 32.8 Å². The largest absolute Gasteiger partial charge is 0.466 e. The van der Waals surface area contributed by atoms with Gasteiger partial charge in [0.25, 0.3) is 0 Å². The van der Waals surface area contributed by atoms with E-state index in [0.717, 1.165) is 28.0 Å². The average molecular weight is 325 g/mol. The normalized spacial score (nSPS) is 11.0. The van der Waals surface area contributed by atoms with Crippen LogP contribution in [-0.2, 0) is 9.53 Å². The fourth-order valence-corrected chi connectivity index (χ4v) is 3.82. The van der Waals surface area contributed by atoms with Gasteiger partial charge >= 0.3 is 5.97 Å². The molecule has 0 radical (unpaired) electrons. The van der Waals surface area contributed by atoms with Gasteiger partial charge in [0, 0.05) is 17.1 Å². The lowest BCUT2D eigenvalue weighted by molar-refractivity contribution is -0.143. The van der Waals surface area contributed by atoms with E-state index in [9.17, 15) is 4.79 Å². The van der Waals surface area contributed by atoms with Crippen LogP contribution in [0.25, 0.3) is 10.2 Å². The van der Waals surface area contributed by atoms with E-state index in [-0.39, 0.29) is 5.97 Å². The molecule has 0 aliphatic heterocycles. The molecule has 0 saturated carbocycles. The van der Waals surface area contributed by atoms with Gasteiger partial charge in [-0.25, -0.2) is 9.97 Å². The number of esters is 1. The number of carbonyl (C=O) groups excluding carboxylic acids is 1. The molecule has 0 saturated heterocycles. The Bertz CT molecular complexity index is 655. The zero-order valence-electron chi connectivity index (χ0n) is 12.4. The van der Waals surface area contributed by atoms with Crippen LogP contribution in [0.5, 0.6) is 0 Å². The number of carbonyl (C=O) groups is 1. The molecule has 7 heteroatoms. The molecule has 0 unspecified atom stereocenters. The molecule has 2 aromatic rings. The van der Waals surface area contributed by atoms with Crippen molar-refractivity contribution < 1.29 is 9.53 Å². The van der Waals surface area contributed by atoms with E-state index in [0.29, 0.717) is 24.0 Å². The van der Waals surface area contributed by atoms with Gasteiger partial charge in [0.15, 0.2) is 5.16 Å². The maximum absolute atomic E-state index is 11.2. The molecule has 0 aromatic carbocycles. The number of hydrogen-bond donors (Lipinski definition) is 1. The maximum Gasteiger partial charge on any atom is 0.305 e. The van der Waals surface area contributed by atoms with E-state index in [4.69, 9.17) is 10.5 Å². The van der Waals surface area contributed by atoms with Crippen molar-refractivity contribution in [3.63, 3.8) is 0 Å². The van der Waals surface area contributed by atoms with Crippen LogP contribution in [0, 0.1) is 13.8 Å². The summed E-state index contributed by atoms with van der Waals surface area (Å²) in [4.78, 5) is 22.3. The van der Waals surface area contributed by atoms with Crippen LogP contribution in [0.3, 0.4) is 0 Å². The Balaban J connectivity index is 1.98. The van der Waals surface area contributed by atoms with Gasteiger partial charge < -0.3 is 10.5 Å². The Labute approximate surface area is 132 Å². The summed E-state index contributed by atoms with van der Waals surface area (Å²) >= 11 is 3.16. The molecule has 2 rings (SSSR count). The molecular weight excluding hydrogens is 306 g/mol. The Morgan fingerprint density at radius 3 is 2.86 bits per heavy atom. The summed E-state index contributed by atoms with van der Waals surface area (Å²) in [5, 5.41) is 1.64. The Hall–Kier alpha value is -1.34. The van der Waals surface area contributed by atoms with Gasteiger partial charge in [-0.3, -0.25) is 4.79 Å². The second-order valence-electron chi connectivity index (χ2n) is 4.61. The predicted molar refractivity (Wildman–Crippen MR) is 87.9 cm³/mol. The first-order valence-electron chi connectivity index (χ1n) is 6.84. The average Bonchev–Trinajstić information content (AvgIpc) is 2.71. The number of rotatable bonds is 6. The van der Waals surface area contributed by atoms with Gasteiger partial charge in [0.2, 0.25) is 0 Å². The van der Waals surface area contributed by atoms with Crippen LogP contribution < -0.4 is 5.73 Å². The van der Waals surface area contributed by atoms with Crippen LogP contribution >= 0.6 is 23.1 Å². The standard InChI is InChI=1S/C14H19N3O2S2/c1-4-19-10(18)6-5-7-20-14-16-12(15)11-8(2)9(3)21-13(11)17-14/h4-7H2,1-3H3,(H2,15,16,17). The van der Waals surface area contributed by atoms with Crippen LogP contribution in [0.15, 0.2) is 5.16 Å². The lowest BCUT2D eigenvalue weighted by Crippen LogP contribution is -2.04. The second-order valence-corrected chi connectivity index (χ2v) is 6.88. The number of nitrogens with two attached hydrogens (primary N) is 1. The number of hydrogen-bond acceptors (Lipinski definition) is 7. The van der Waals surface area contributed by atoms with Crippen LogP contribution in [0.4, 0.5) is 5.82 Å². The summed E-state index contributed by atoms with van der Waals surface area (Å²) in [5.41, 5.74) is 7.19. The molecule has 2 aromatic heterocycles. The van der Waals surface area contributed by atoms with Gasteiger partial charge in [-0.2, -0.15) is 0 Å². The molecule has 2 N–H and O–H groups in total. The first-order valence-corrected chi connectivity index (χ1v) is 8.64. The van der Waals surface area contributed by atoms with E-state index in [1.54, 1.807) is 11.3 Å². The highest BCUT2D eigenvalue weighted by Gasteiger charge is 2.13. The molecule has 5 nitrogen and oxygen atoms in total. The molecular formula is C14H19N3O2S2. The summed E-state index contributed by atoms with van der Waals surface area (Å²) in [5.74, 6) is 1.15. The van der Waals surface area contributed by atoms with Crippen molar-refractivity contribution in [1.82, 2.24) is 9.97 Å². The number of anilines is 1. The number of ether oxygens (including phenoxy) is 1. The Morgan fingerprint density at radius 2 is 2.14 bits per heavy atom. The summed E-state index contributed by atoms with van der Waals surface area (Å²) in [7, 11) is 0. The molecule has 0 amide bonds. The van der Waals surface area contributed by atoms with E-state index >= 15 is 0 Å². The van der Waals surface area contributed by atoms with Gasteiger partial charge in [-0.1, -0.05) is 11.8 Å². The minimum Gasteiger partial charge on any atom is -0.466 e. The van der Waals surface area contributed by atoms with Crippen LogP contribution in [0.2, 0.25) is 0 Å². The van der Waals surface area contributed by atoms with Crippen molar-refractivity contribution in [1.29, 1.82) is 0 Å². The van der Waals surface area contributed by atoms with Crippen molar-refractivity contribution in [2.24, 2.45) is 0 Å². The third-order valence-corrected chi connectivity index (χ3v) is 5.13. The predicted octanol–water partition coefficient (Wildman–Crippen LogP) is 3.33. The summed E-state index contributed by atoms with van der Waals surface area (Å²) in [6.07, 6.45) is 1.17. The topological polar surface area (TPSA) is 78.1 Å². The number of fused-ring (bicyclic) bond motifs is 1. The van der Waals surface area contributed by atoms with Gasteiger partial charge in [-0.15, -0.1) is 11.3 Å². The number of thiophene rings is 1. The molecule has 0 aliphatic carbocycles. The molecule has 0 bridgehead atoms. The van der Waals surface area contributed by atoms with Gasteiger partial charge in [0.1, 0.15) is 10.6 Å². The first kappa shape index (κ1) is 16.0. The van der Waals surface area contributed by atoms with Crippen molar-refractivity contribution in [2.75, 3.05) is 18.1 Å². The zero-order chi connectivity index (χ0) is 15.4. The quantitative estimate of drug-likeness (QED) is 0.380. The van der Waals surface area contributed by atoms with E-state index in [1.165, 1.54) is 16.6 Å². The maximum atomic E-state index is 11.2. The Kier molecular flexibility index (Phi) is 5.41. The highest BCUT2D eigenvalue weighted by Crippen LogP contribution is 2.33. The number of thioether (sulfide) groups is 1.